The Hall–Kier alpha value is -3.01. The second kappa shape index (κ2) is 11.6. The highest BCUT2D eigenvalue weighted by Crippen LogP contribution is 2.26. The van der Waals surface area contributed by atoms with Gasteiger partial charge in [-0.15, -0.1) is 0 Å². The van der Waals surface area contributed by atoms with Crippen molar-refractivity contribution in [2.45, 2.75) is 6.10 Å². The molecule has 0 unspecified atom stereocenters. The number of carbonyl (C=O) groups is 2. The van der Waals surface area contributed by atoms with E-state index in [9.17, 15) is 9.59 Å². The number of methoxy groups -OCH3 is 2. The summed E-state index contributed by atoms with van der Waals surface area (Å²) in [6.45, 7) is 4.93. The predicted octanol–water partition coefficient (Wildman–Crippen LogP) is 3.05. The van der Waals surface area contributed by atoms with Crippen LogP contribution in [0.4, 0.5) is 10.5 Å². The van der Waals surface area contributed by atoms with Gasteiger partial charge in [-0.3, -0.25) is 9.69 Å². The number of rotatable bonds is 6. The summed E-state index contributed by atoms with van der Waals surface area (Å²) in [5.74, 6) is 1.09. The van der Waals surface area contributed by atoms with Gasteiger partial charge in [0.1, 0.15) is 11.5 Å². The molecular formula is C25H31ClN4O5. The lowest BCUT2D eigenvalue weighted by atomic mass is 10.1. The Labute approximate surface area is 210 Å². The van der Waals surface area contributed by atoms with E-state index >= 15 is 0 Å². The summed E-state index contributed by atoms with van der Waals surface area (Å²) in [7, 11) is 3.13. The molecule has 2 saturated heterocycles. The zero-order chi connectivity index (χ0) is 24.8. The van der Waals surface area contributed by atoms with Crippen LogP contribution in [-0.4, -0.2) is 99.4 Å². The first kappa shape index (κ1) is 25.1. The smallest absolute Gasteiger partial charge is 0.322 e. The lowest BCUT2D eigenvalue weighted by Gasteiger charge is -2.39. The second-order valence-corrected chi connectivity index (χ2v) is 8.97. The molecule has 0 saturated carbocycles. The summed E-state index contributed by atoms with van der Waals surface area (Å²) in [4.78, 5) is 31.7. The summed E-state index contributed by atoms with van der Waals surface area (Å²) in [5, 5.41) is 3.47. The molecule has 0 bridgehead atoms. The summed E-state index contributed by atoms with van der Waals surface area (Å²) < 4.78 is 16.6. The molecule has 2 aromatic carbocycles. The van der Waals surface area contributed by atoms with Crippen molar-refractivity contribution in [1.29, 1.82) is 0 Å². The molecule has 1 N–H and O–H groups in total. The number of hydrogen-bond donors (Lipinski definition) is 1. The number of carbonyl (C=O) groups excluding carboxylic acids is 2. The molecule has 188 valence electrons. The van der Waals surface area contributed by atoms with E-state index < -0.39 is 0 Å². The van der Waals surface area contributed by atoms with Crippen LogP contribution in [0.15, 0.2) is 42.5 Å². The minimum absolute atomic E-state index is 0.0538. The average Bonchev–Trinajstić information content (AvgIpc) is 2.88. The van der Waals surface area contributed by atoms with Gasteiger partial charge < -0.3 is 29.3 Å². The van der Waals surface area contributed by atoms with Crippen molar-refractivity contribution in [3.63, 3.8) is 0 Å². The van der Waals surface area contributed by atoms with Crippen LogP contribution in [0.3, 0.4) is 0 Å². The Morgan fingerprint density at radius 1 is 1.03 bits per heavy atom. The number of urea groups is 1. The fourth-order valence-corrected chi connectivity index (χ4v) is 4.54. The van der Waals surface area contributed by atoms with Crippen LogP contribution in [0, 0.1) is 0 Å². The van der Waals surface area contributed by atoms with E-state index in [2.05, 4.69) is 10.2 Å². The van der Waals surface area contributed by atoms with Crippen LogP contribution >= 0.6 is 11.6 Å². The van der Waals surface area contributed by atoms with E-state index in [-0.39, 0.29) is 18.0 Å². The standard InChI is InChI=1S/C25H31ClN4O5/c1-33-20-6-7-22(23(15-20)34-2)24(31)29-10-8-28(9-11-29)16-21-17-30(12-13-35-21)25(32)27-19-5-3-4-18(26)14-19/h3-7,14-15,21H,8-13,16-17H2,1-2H3,(H,27,32)/t21-/m0/s1. The molecule has 10 heteroatoms. The highest BCUT2D eigenvalue weighted by Gasteiger charge is 2.29. The van der Waals surface area contributed by atoms with E-state index in [4.69, 9.17) is 25.8 Å². The molecule has 4 rings (SSSR count). The Bertz CT molecular complexity index is 1040. The number of benzene rings is 2. The van der Waals surface area contributed by atoms with Crippen molar-refractivity contribution in [3.8, 4) is 11.5 Å². The highest BCUT2D eigenvalue weighted by molar-refractivity contribution is 6.30. The number of halogens is 1. The SMILES string of the molecule is COc1ccc(C(=O)N2CCN(C[C@H]3CN(C(=O)Nc4cccc(Cl)c4)CCO3)CC2)c(OC)c1. The average molecular weight is 503 g/mol. The van der Waals surface area contributed by atoms with E-state index in [0.717, 1.165) is 13.1 Å². The lowest BCUT2D eigenvalue weighted by Crippen LogP contribution is -2.54. The first-order valence-corrected chi connectivity index (χ1v) is 12.0. The molecule has 2 aliphatic heterocycles. The Balaban J connectivity index is 1.27. The van der Waals surface area contributed by atoms with Crippen molar-refractivity contribution in [3.05, 3.63) is 53.1 Å². The van der Waals surface area contributed by atoms with Crippen LogP contribution in [0.25, 0.3) is 0 Å². The van der Waals surface area contributed by atoms with Crippen molar-refractivity contribution >= 4 is 29.2 Å². The van der Waals surface area contributed by atoms with Gasteiger partial charge in [-0.1, -0.05) is 17.7 Å². The van der Waals surface area contributed by atoms with E-state index in [0.29, 0.717) is 67.1 Å². The third-order valence-corrected chi connectivity index (χ3v) is 6.50. The highest BCUT2D eigenvalue weighted by atomic mass is 35.5. The largest absolute Gasteiger partial charge is 0.497 e. The van der Waals surface area contributed by atoms with E-state index in [1.165, 1.54) is 0 Å². The van der Waals surface area contributed by atoms with Crippen LogP contribution in [-0.2, 0) is 4.74 Å². The third-order valence-electron chi connectivity index (χ3n) is 6.26. The monoisotopic (exact) mass is 502 g/mol. The molecule has 2 fully saturated rings. The molecular weight excluding hydrogens is 472 g/mol. The minimum atomic E-state index is -0.163. The molecule has 0 spiro atoms. The van der Waals surface area contributed by atoms with Gasteiger partial charge >= 0.3 is 6.03 Å². The van der Waals surface area contributed by atoms with E-state index in [1.807, 2.05) is 11.0 Å². The Morgan fingerprint density at radius 2 is 1.83 bits per heavy atom. The first-order valence-electron chi connectivity index (χ1n) is 11.6. The van der Waals surface area contributed by atoms with Crippen molar-refractivity contribution in [2.75, 3.05) is 72.0 Å². The molecule has 35 heavy (non-hydrogen) atoms. The maximum Gasteiger partial charge on any atom is 0.322 e. The maximum absolute atomic E-state index is 13.1. The zero-order valence-electron chi connectivity index (χ0n) is 20.0. The topological polar surface area (TPSA) is 83.6 Å². The number of amides is 3. The molecule has 0 radical (unpaired) electrons. The van der Waals surface area contributed by atoms with Crippen LogP contribution in [0.5, 0.6) is 11.5 Å². The number of ether oxygens (including phenoxy) is 3. The molecule has 0 aliphatic carbocycles. The van der Waals surface area contributed by atoms with Gasteiger partial charge in [0.05, 0.1) is 32.5 Å². The number of nitrogens with one attached hydrogen (secondary N) is 1. The molecule has 2 aliphatic rings. The lowest BCUT2D eigenvalue weighted by molar-refractivity contribution is -0.0338. The third kappa shape index (κ3) is 6.36. The first-order chi connectivity index (χ1) is 17.0. The van der Waals surface area contributed by atoms with E-state index in [1.54, 1.807) is 55.5 Å². The minimum Gasteiger partial charge on any atom is -0.497 e. The predicted molar refractivity (Wildman–Crippen MR) is 134 cm³/mol. The Morgan fingerprint density at radius 3 is 2.54 bits per heavy atom. The number of anilines is 1. The summed E-state index contributed by atoms with van der Waals surface area (Å²) in [5.41, 5.74) is 1.19. The number of nitrogens with zero attached hydrogens (tertiary/aromatic N) is 3. The molecule has 1 atom stereocenters. The summed E-state index contributed by atoms with van der Waals surface area (Å²) in [6, 6.07) is 12.2. The summed E-state index contributed by atoms with van der Waals surface area (Å²) in [6.07, 6.45) is -0.0854. The maximum atomic E-state index is 13.1. The normalized spacial score (nSPS) is 18.8. The Kier molecular flexibility index (Phi) is 8.33. The van der Waals surface area contributed by atoms with Gasteiger partial charge in [-0.2, -0.15) is 0 Å². The molecule has 0 aromatic heterocycles. The van der Waals surface area contributed by atoms with Gasteiger partial charge in [-0.25, -0.2) is 4.79 Å². The van der Waals surface area contributed by atoms with Gasteiger partial charge in [0.25, 0.3) is 5.91 Å². The van der Waals surface area contributed by atoms with Crippen LogP contribution in [0.1, 0.15) is 10.4 Å². The van der Waals surface area contributed by atoms with Crippen LogP contribution < -0.4 is 14.8 Å². The number of hydrogen-bond acceptors (Lipinski definition) is 6. The van der Waals surface area contributed by atoms with Crippen LogP contribution in [0.2, 0.25) is 5.02 Å². The quantitative estimate of drug-likeness (QED) is 0.653. The molecule has 3 amide bonds. The fraction of sp³-hybridized carbons (Fsp3) is 0.440. The van der Waals surface area contributed by atoms with Gasteiger partial charge in [0.15, 0.2) is 0 Å². The second-order valence-electron chi connectivity index (χ2n) is 8.54. The fourth-order valence-electron chi connectivity index (χ4n) is 4.35. The van der Waals surface area contributed by atoms with Crippen molar-refractivity contribution in [1.82, 2.24) is 14.7 Å². The number of morpholine rings is 1. The molecule has 2 heterocycles. The van der Waals surface area contributed by atoms with Crippen molar-refractivity contribution < 1.29 is 23.8 Å². The summed E-state index contributed by atoms with van der Waals surface area (Å²) >= 11 is 6.01. The van der Waals surface area contributed by atoms with Crippen molar-refractivity contribution in [2.24, 2.45) is 0 Å². The zero-order valence-corrected chi connectivity index (χ0v) is 20.8. The van der Waals surface area contributed by atoms with Gasteiger partial charge in [0.2, 0.25) is 0 Å². The van der Waals surface area contributed by atoms with Gasteiger partial charge in [-0.05, 0) is 30.3 Å². The molecule has 2 aromatic rings. The number of piperazine rings is 1. The van der Waals surface area contributed by atoms with Gasteiger partial charge in [0, 0.05) is 62.6 Å². The molecule has 9 nitrogen and oxygen atoms in total.